The van der Waals surface area contributed by atoms with Gasteiger partial charge in [-0.15, -0.1) is 0 Å². The van der Waals surface area contributed by atoms with Crippen LogP contribution in [0.15, 0.2) is 27.6 Å². The highest BCUT2D eigenvalue weighted by Crippen LogP contribution is 2.27. The van der Waals surface area contributed by atoms with E-state index in [1.165, 1.54) is 19.9 Å². The van der Waals surface area contributed by atoms with Crippen molar-refractivity contribution in [2.24, 2.45) is 5.92 Å². The van der Waals surface area contributed by atoms with Crippen LogP contribution in [0.2, 0.25) is 0 Å². The molecule has 0 aromatic heterocycles. The van der Waals surface area contributed by atoms with Gasteiger partial charge < -0.3 is 5.11 Å². The Hall–Kier alpha value is -1.52. The van der Waals surface area contributed by atoms with Gasteiger partial charge in [-0.25, -0.2) is 8.42 Å². The molecule has 0 bridgehead atoms. The van der Waals surface area contributed by atoms with Gasteiger partial charge in [-0.2, -0.15) is 4.72 Å². The van der Waals surface area contributed by atoms with E-state index in [4.69, 9.17) is 5.11 Å². The fraction of sp³-hybridized carbons (Fsp3) is 0.364. The average Bonchev–Trinajstić information content (AvgIpc) is 2.34. The molecule has 1 unspecified atom stereocenters. The highest BCUT2D eigenvalue weighted by Gasteiger charge is 2.32. The summed E-state index contributed by atoms with van der Waals surface area (Å²) in [5.41, 5.74) is -0.626. The first-order valence-electron chi connectivity index (χ1n) is 5.75. The number of sulfonamides is 1. The quantitative estimate of drug-likeness (QED) is 0.571. The number of carbonyl (C=O) groups is 1. The van der Waals surface area contributed by atoms with Gasteiger partial charge >= 0.3 is 5.97 Å². The van der Waals surface area contributed by atoms with E-state index < -0.39 is 43.5 Å². The summed E-state index contributed by atoms with van der Waals surface area (Å²) in [5, 5.41) is 19.9. The standard InChI is InChI=1S/C11H13BrN2O6S/c1-6(2)10(11(15)16)13-21(19,20)9-5-7(12)3-4-8(9)14(17)18/h3-6,10,13H,1-2H3,(H,15,16). The Morgan fingerprint density at radius 3 is 2.43 bits per heavy atom. The Kier molecular flexibility index (Phi) is 5.42. The van der Waals surface area contributed by atoms with Gasteiger partial charge in [0.05, 0.1) is 4.92 Å². The van der Waals surface area contributed by atoms with Gasteiger partial charge in [-0.1, -0.05) is 29.8 Å². The molecule has 0 saturated heterocycles. The van der Waals surface area contributed by atoms with Crippen LogP contribution in [-0.4, -0.2) is 30.5 Å². The molecule has 1 rings (SSSR count). The SMILES string of the molecule is CC(C)C(NS(=O)(=O)c1cc(Br)ccc1[N+](=O)[O-])C(=O)O. The maximum absolute atomic E-state index is 12.2. The second-order valence-corrected chi connectivity index (χ2v) is 7.15. The lowest BCUT2D eigenvalue weighted by Crippen LogP contribution is -2.44. The predicted octanol–water partition coefficient (Wildman–Crippen LogP) is 1.74. The van der Waals surface area contributed by atoms with Crippen molar-refractivity contribution in [2.75, 3.05) is 0 Å². The van der Waals surface area contributed by atoms with E-state index in [1.54, 1.807) is 0 Å². The molecule has 0 aliphatic heterocycles. The lowest BCUT2D eigenvalue weighted by Gasteiger charge is -2.18. The molecule has 0 aliphatic carbocycles. The number of carboxylic acid groups (broad SMARTS) is 1. The molecule has 0 amide bonds. The number of nitrogens with zero attached hydrogens (tertiary/aromatic N) is 1. The van der Waals surface area contributed by atoms with Gasteiger partial charge in [0.25, 0.3) is 5.69 Å². The summed E-state index contributed by atoms with van der Waals surface area (Å²) in [6.45, 7) is 3.05. The smallest absolute Gasteiger partial charge is 0.322 e. The summed E-state index contributed by atoms with van der Waals surface area (Å²) in [6.07, 6.45) is 0. The Morgan fingerprint density at radius 1 is 1.43 bits per heavy atom. The number of aliphatic carboxylic acids is 1. The second kappa shape index (κ2) is 6.50. The fourth-order valence-electron chi connectivity index (χ4n) is 1.56. The van der Waals surface area contributed by atoms with Crippen LogP contribution in [0.1, 0.15) is 13.8 Å². The van der Waals surface area contributed by atoms with Gasteiger partial charge in [-0.3, -0.25) is 14.9 Å². The van der Waals surface area contributed by atoms with Crippen LogP contribution in [-0.2, 0) is 14.8 Å². The first-order chi connectivity index (χ1) is 9.56. The zero-order valence-corrected chi connectivity index (χ0v) is 13.5. The molecule has 1 aromatic rings. The normalized spacial score (nSPS) is 13.1. The van der Waals surface area contributed by atoms with E-state index in [1.807, 2.05) is 4.72 Å². The van der Waals surface area contributed by atoms with E-state index in [0.29, 0.717) is 4.47 Å². The highest BCUT2D eigenvalue weighted by atomic mass is 79.9. The van der Waals surface area contributed by atoms with Gasteiger partial charge in [0.15, 0.2) is 4.90 Å². The van der Waals surface area contributed by atoms with Crippen LogP contribution in [0.3, 0.4) is 0 Å². The average molecular weight is 381 g/mol. The molecule has 10 heteroatoms. The van der Waals surface area contributed by atoms with Crippen LogP contribution in [0, 0.1) is 16.0 Å². The molecule has 0 saturated carbocycles. The zero-order chi connectivity index (χ0) is 16.4. The van der Waals surface area contributed by atoms with Crippen molar-refractivity contribution in [3.05, 3.63) is 32.8 Å². The van der Waals surface area contributed by atoms with E-state index >= 15 is 0 Å². The Labute approximate surface area is 129 Å². The maximum Gasteiger partial charge on any atom is 0.322 e. The van der Waals surface area contributed by atoms with Crippen molar-refractivity contribution < 1.29 is 23.2 Å². The third-order valence-electron chi connectivity index (χ3n) is 2.62. The molecule has 0 fully saturated rings. The monoisotopic (exact) mass is 380 g/mol. The van der Waals surface area contributed by atoms with Crippen molar-refractivity contribution in [3.63, 3.8) is 0 Å². The maximum atomic E-state index is 12.2. The summed E-state index contributed by atoms with van der Waals surface area (Å²) < 4.78 is 26.8. The number of benzene rings is 1. The van der Waals surface area contributed by atoms with Crippen LogP contribution in [0.25, 0.3) is 0 Å². The summed E-state index contributed by atoms with van der Waals surface area (Å²) in [6, 6.07) is 2.03. The van der Waals surface area contributed by atoms with Crippen molar-refractivity contribution in [1.82, 2.24) is 4.72 Å². The second-order valence-electron chi connectivity index (χ2n) is 4.55. The Balaban J connectivity index is 3.34. The summed E-state index contributed by atoms with van der Waals surface area (Å²) in [7, 11) is -4.35. The van der Waals surface area contributed by atoms with Gasteiger partial charge in [0, 0.05) is 10.5 Å². The molecule has 8 nitrogen and oxygen atoms in total. The number of hydrogen-bond acceptors (Lipinski definition) is 5. The number of halogens is 1. The predicted molar refractivity (Wildman–Crippen MR) is 77.4 cm³/mol. The zero-order valence-electron chi connectivity index (χ0n) is 11.1. The number of rotatable bonds is 6. The molecule has 116 valence electrons. The van der Waals surface area contributed by atoms with Gasteiger partial charge in [0.2, 0.25) is 10.0 Å². The van der Waals surface area contributed by atoms with Crippen LogP contribution >= 0.6 is 15.9 Å². The molecule has 0 heterocycles. The largest absolute Gasteiger partial charge is 0.480 e. The molecular formula is C11H13BrN2O6S. The lowest BCUT2D eigenvalue weighted by atomic mass is 10.1. The third-order valence-corrected chi connectivity index (χ3v) is 4.59. The van der Waals surface area contributed by atoms with Crippen molar-refractivity contribution in [1.29, 1.82) is 0 Å². The van der Waals surface area contributed by atoms with E-state index in [9.17, 15) is 23.3 Å². The number of carboxylic acids is 1. The van der Waals surface area contributed by atoms with E-state index in [0.717, 1.165) is 12.1 Å². The van der Waals surface area contributed by atoms with Crippen molar-refractivity contribution >= 4 is 37.6 Å². The van der Waals surface area contributed by atoms with Crippen molar-refractivity contribution in [3.8, 4) is 0 Å². The van der Waals surface area contributed by atoms with E-state index in [2.05, 4.69) is 15.9 Å². The molecule has 2 N–H and O–H groups in total. The fourth-order valence-corrected chi connectivity index (χ4v) is 3.60. The van der Waals surface area contributed by atoms with Crippen molar-refractivity contribution in [2.45, 2.75) is 24.8 Å². The van der Waals surface area contributed by atoms with Gasteiger partial charge in [-0.05, 0) is 18.1 Å². The van der Waals surface area contributed by atoms with Crippen LogP contribution in [0.5, 0.6) is 0 Å². The number of hydrogen-bond donors (Lipinski definition) is 2. The summed E-state index contributed by atoms with van der Waals surface area (Å²) in [4.78, 5) is 20.6. The topological polar surface area (TPSA) is 127 Å². The van der Waals surface area contributed by atoms with Crippen LogP contribution < -0.4 is 4.72 Å². The first kappa shape index (κ1) is 17.5. The minimum Gasteiger partial charge on any atom is -0.480 e. The highest BCUT2D eigenvalue weighted by molar-refractivity contribution is 9.10. The number of nitrogens with one attached hydrogen (secondary N) is 1. The molecule has 21 heavy (non-hydrogen) atoms. The first-order valence-corrected chi connectivity index (χ1v) is 8.03. The molecule has 0 radical (unpaired) electrons. The molecule has 0 aliphatic rings. The molecule has 1 aromatic carbocycles. The third kappa shape index (κ3) is 4.22. The molecule has 0 spiro atoms. The summed E-state index contributed by atoms with van der Waals surface area (Å²) in [5.74, 6) is -1.88. The van der Waals surface area contributed by atoms with Crippen LogP contribution in [0.4, 0.5) is 5.69 Å². The minimum absolute atomic E-state index is 0.324. The minimum atomic E-state index is -4.35. The van der Waals surface area contributed by atoms with E-state index in [-0.39, 0.29) is 0 Å². The summed E-state index contributed by atoms with van der Waals surface area (Å²) >= 11 is 3.03. The number of nitro benzene ring substituents is 1. The Bertz CT molecular complexity index is 673. The molecular weight excluding hydrogens is 368 g/mol. The Morgan fingerprint density at radius 2 is 2.00 bits per heavy atom. The van der Waals surface area contributed by atoms with Gasteiger partial charge in [0.1, 0.15) is 6.04 Å². The lowest BCUT2D eigenvalue weighted by molar-refractivity contribution is -0.387. The molecule has 1 atom stereocenters. The number of nitro groups is 1.